The summed E-state index contributed by atoms with van der Waals surface area (Å²) in [6, 6.07) is 5.70. The van der Waals surface area contributed by atoms with Crippen LogP contribution in [-0.2, 0) is 0 Å². The highest BCUT2D eigenvalue weighted by Crippen LogP contribution is 2.29. The number of nitrogens with zero attached hydrogens (tertiary/aromatic N) is 3. The first-order valence-corrected chi connectivity index (χ1v) is 7.03. The number of fused-ring (bicyclic) bond motifs is 1. The van der Waals surface area contributed by atoms with Crippen LogP contribution in [0.5, 0.6) is 0 Å². The van der Waals surface area contributed by atoms with Gasteiger partial charge in [0, 0.05) is 24.2 Å². The molecule has 106 valence electrons. The lowest BCUT2D eigenvalue weighted by atomic mass is 9.98. The molecule has 3 rings (SSSR count). The molecule has 5 nitrogen and oxygen atoms in total. The first-order chi connectivity index (χ1) is 9.55. The Labute approximate surface area is 118 Å². The number of aromatic nitrogens is 2. The van der Waals surface area contributed by atoms with Crippen molar-refractivity contribution in [2.45, 2.75) is 31.8 Å². The lowest BCUT2D eigenvalue weighted by Gasteiger charge is -2.24. The normalized spacial score (nSPS) is 23.8. The average Bonchev–Trinajstić information content (AvgIpc) is 2.59. The number of benzene rings is 1. The van der Waals surface area contributed by atoms with E-state index in [9.17, 15) is 5.11 Å². The summed E-state index contributed by atoms with van der Waals surface area (Å²) in [4.78, 5) is 11.0. The van der Waals surface area contributed by atoms with E-state index in [-0.39, 0.29) is 0 Å². The Morgan fingerprint density at radius 2 is 2.10 bits per heavy atom. The molecule has 1 aromatic carbocycles. The third-order valence-electron chi connectivity index (χ3n) is 4.00. The van der Waals surface area contributed by atoms with Crippen LogP contribution in [0.25, 0.3) is 10.9 Å². The summed E-state index contributed by atoms with van der Waals surface area (Å²) in [5, 5.41) is 11.2. The maximum Gasteiger partial charge on any atom is 0.139 e. The molecule has 1 atom stereocenters. The molecule has 1 saturated heterocycles. The van der Waals surface area contributed by atoms with Gasteiger partial charge in [0.1, 0.15) is 12.1 Å². The second-order valence-electron chi connectivity index (χ2n) is 5.81. The summed E-state index contributed by atoms with van der Waals surface area (Å²) in [6.45, 7) is 3.61. The molecule has 1 aliphatic rings. The third kappa shape index (κ3) is 2.54. The Balaban J connectivity index is 1.99. The topological polar surface area (TPSA) is 75.3 Å². The molecule has 0 saturated carbocycles. The summed E-state index contributed by atoms with van der Waals surface area (Å²) in [5.74, 6) is 0.917. The van der Waals surface area contributed by atoms with Crippen molar-refractivity contribution >= 4 is 22.4 Å². The van der Waals surface area contributed by atoms with Crippen LogP contribution in [-0.4, -0.2) is 33.8 Å². The summed E-state index contributed by atoms with van der Waals surface area (Å²) >= 11 is 0. The zero-order chi connectivity index (χ0) is 14.2. The van der Waals surface area contributed by atoms with Crippen LogP contribution in [0, 0.1) is 0 Å². The fraction of sp³-hybridized carbons (Fsp3) is 0.467. The maximum atomic E-state index is 10.2. The Bertz CT molecular complexity index is 626. The smallest absolute Gasteiger partial charge is 0.139 e. The number of anilines is 2. The molecule has 2 aromatic rings. The van der Waals surface area contributed by atoms with Gasteiger partial charge < -0.3 is 15.7 Å². The van der Waals surface area contributed by atoms with Crippen molar-refractivity contribution in [2.75, 3.05) is 23.7 Å². The molecule has 1 fully saturated rings. The molecule has 20 heavy (non-hydrogen) atoms. The van der Waals surface area contributed by atoms with E-state index in [1.165, 1.54) is 0 Å². The zero-order valence-electron chi connectivity index (χ0n) is 11.7. The molecule has 0 aliphatic carbocycles. The van der Waals surface area contributed by atoms with Crippen molar-refractivity contribution in [1.82, 2.24) is 9.97 Å². The van der Waals surface area contributed by atoms with Gasteiger partial charge in [-0.2, -0.15) is 0 Å². The SMILES string of the molecule is CC1(O)CCCN(c2ncnc3ccc(N)cc23)CC1. The van der Waals surface area contributed by atoms with Crippen LogP contribution < -0.4 is 10.6 Å². The fourth-order valence-corrected chi connectivity index (χ4v) is 2.79. The maximum absolute atomic E-state index is 10.2. The highest BCUT2D eigenvalue weighted by atomic mass is 16.3. The quantitative estimate of drug-likeness (QED) is 0.776. The van der Waals surface area contributed by atoms with E-state index in [1.807, 2.05) is 25.1 Å². The monoisotopic (exact) mass is 272 g/mol. The summed E-state index contributed by atoms with van der Waals surface area (Å²) in [5.41, 5.74) is 6.93. The van der Waals surface area contributed by atoms with Crippen molar-refractivity contribution in [1.29, 1.82) is 0 Å². The van der Waals surface area contributed by atoms with Crippen LogP contribution in [0.15, 0.2) is 24.5 Å². The van der Waals surface area contributed by atoms with Crippen LogP contribution in [0.1, 0.15) is 26.2 Å². The molecule has 0 amide bonds. The van der Waals surface area contributed by atoms with Gasteiger partial charge in [0.05, 0.1) is 11.1 Å². The predicted molar refractivity (Wildman–Crippen MR) is 80.6 cm³/mol. The minimum absolute atomic E-state index is 0.573. The molecule has 1 aliphatic heterocycles. The number of hydrogen-bond donors (Lipinski definition) is 2. The van der Waals surface area contributed by atoms with E-state index < -0.39 is 5.60 Å². The second kappa shape index (κ2) is 4.90. The number of nitrogen functional groups attached to an aromatic ring is 1. The van der Waals surface area contributed by atoms with Crippen molar-refractivity contribution < 1.29 is 5.11 Å². The molecule has 3 N–H and O–H groups in total. The highest BCUT2D eigenvalue weighted by molar-refractivity contribution is 5.91. The predicted octanol–water partition coefficient (Wildman–Crippen LogP) is 1.95. The summed E-state index contributed by atoms with van der Waals surface area (Å²) in [6.07, 6.45) is 4.13. The lowest BCUT2D eigenvalue weighted by molar-refractivity contribution is 0.0481. The van der Waals surface area contributed by atoms with Gasteiger partial charge in [-0.15, -0.1) is 0 Å². The van der Waals surface area contributed by atoms with Gasteiger partial charge in [0.25, 0.3) is 0 Å². The van der Waals surface area contributed by atoms with Gasteiger partial charge >= 0.3 is 0 Å². The van der Waals surface area contributed by atoms with E-state index >= 15 is 0 Å². The average molecular weight is 272 g/mol. The third-order valence-corrected chi connectivity index (χ3v) is 4.00. The fourth-order valence-electron chi connectivity index (χ4n) is 2.79. The van der Waals surface area contributed by atoms with Gasteiger partial charge in [0.2, 0.25) is 0 Å². The van der Waals surface area contributed by atoms with Gasteiger partial charge in [-0.3, -0.25) is 0 Å². The minimum atomic E-state index is -0.573. The molecule has 1 unspecified atom stereocenters. The molecule has 5 heteroatoms. The lowest BCUT2D eigenvalue weighted by Crippen LogP contribution is -2.29. The summed E-state index contributed by atoms with van der Waals surface area (Å²) in [7, 11) is 0. The van der Waals surface area contributed by atoms with E-state index in [0.29, 0.717) is 0 Å². The highest BCUT2D eigenvalue weighted by Gasteiger charge is 2.26. The first kappa shape index (κ1) is 13.1. The van der Waals surface area contributed by atoms with Crippen LogP contribution >= 0.6 is 0 Å². The Morgan fingerprint density at radius 3 is 2.95 bits per heavy atom. The Morgan fingerprint density at radius 1 is 1.25 bits per heavy atom. The van der Waals surface area contributed by atoms with Gasteiger partial charge in [0.15, 0.2) is 0 Å². The van der Waals surface area contributed by atoms with E-state index in [2.05, 4.69) is 14.9 Å². The van der Waals surface area contributed by atoms with Crippen molar-refractivity contribution in [3.05, 3.63) is 24.5 Å². The molecule has 0 radical (unpaired) electrons. The number of nitrogens with two attached hydrogens (primary N) is 1. The molecular weight excluding hydrogens is 252 g/mol. The molecular formula is C15H20N4O. The number of aliphatic hydroxyl groups is 1. The largest absolute Gasteiger partial charge is 0.399 e. The van der Waals surface area contributed by atoms with Gasteiger partial charge in [-0.05, 0) is 44.4 Å². The summed E-state index contributed by atoms with van der Waals surface area (Å²) < 4.78 is 0. The second-order valence-corrected chi connectivity index (χ2v) is 5.81. The van der Waals surface area contributed by atoms with Gasteiger partial charge in [-0.1, -0.05) is 0 Å². The minimum Gasteiger partial charge on any atom is -0.399 e. The standard InChI is InChI=1S/C15H20N4O/c1-15(20)5-2-7-19(8-6-15)14-12-9-11(16)3-4-13(12)17-10-18-14/h3-4,9-10,20H,2,5-8,16H2,1H3. The van der Waals surface area contributed by atoms with Gasteiger partial charge in [-0.25, -0.2) is 9.97 Å². The molecule has 2 heterocycles. The molecule has 0 bridgehead atoms. The Kier molecular flexibility index (Phi) is 3.22. The van der Waals surface area contributed by atoms with E-state index in [0.717, 1.165) is 54.8 Å². The molecule has 0 spiro atoms. The Hall–Kier alpha value is -1.88. The first-order valence-electron chi connectivity index (χ1n) is 7.03. The van der Waals surface area contributed by atoms with Crippen LogP contribution in [0.2, 0.25) is 0 Å². The van der Waals surface area contributed by atoms with Crippen LogP contribution in [0.3, 0.4) is 0 Å². The van der Waals surface area contributed by atoms with Crippen molar-refractivity contribution in [2.24, 2.45) is 0 Å². The van der Waals surface area contributed by atoms with Crippen LogP contribution in [0.4, 0.5) is 11.5 Å². The van der Waals surface area contributed by atoms with E-state index in [1.54, 1.807) is 6.33 Å². The van der Waals surface area contributed by atoms with Crippen molar-refractivity contribution in [3.8, 4) is 0 Å². The molecule has 1 aromatic heterocycles. The van der Waals surface area contributed by atoms with E-state index in [4.69, 9.17) is 5.73 Å². The number of rotatable bonds is 1. The van der Waals surface area contributed by atoms with Crippen molar-refractivity contribution in [3.63, 3.8) is 0 Å². The number of hydrogen-bond acceptors (Lipinski definition) is 5. The zero-order valence-corrected chi connectivity index (χ0v) is 11.7.